The van der Waals surface area contributed by atoms with E-state index in [1.807, 2.05) is 30.3 Å². The van der Waals surface area contributed by atoms with Gasteiger partial charge >= 0.3 is 0 Å². The fraction of sp³-hybridized carbons (Fsp3) is 0.583. The zero-order valence-corrected chi connectivity index (χ0v) is 18.8. The molecule has 0 bridgehead atoms. The summed E-state index contributed by atoms with van der Waals surface area (Å²) in [5.41, 5.74) is 0. The summed E-state index contributed by atoms with van der Waals surface area (Å²) in [6, 6.07) is 19.2. The monoisotopic (exact) mass is 416 g/mol. The Bertz CT molecular complexity index is 415. The van der Waals surface area contributed by atoms with Gasteiger partial charge in [0.2, 0.25) is 0 Å². The Labute approximate surface area is 174 Å². The van der Waals surface area contributed by atoms with Gasteiger partial charge in [0.05, 0.1) is 0 Å². The first-order valence-electron chi connectivity index (χ1n) is 10.5. The van der Waals surface area contributed by atoms with Crippen molar-refractivity contribution in [3.63, 3.8) is 0 Å². The molecule has 0 saturated carbocycles. The van der Waals surface area contributed by atoms with Gasteiger partial charge in [-0.2, -0.15) is 12.1 Å². The molecule has 0 nitrogen and oxygen atoms in total. The molecule has 0 aliphatic rings. The van der Waals surface area contributed by atoms with Gasteiger partial charge in [-0.1, -0.05) is 65.2 Å². The molecule has 0 aliphatic heterocycles. The van der Waals surface area contributed by atoms with Gasteiger partial charge in [-0.15, -0.1) is 13.2 Å². The molecular formula is C24H39NiP-6. The largest absolute Gasteiger partial charge is 0.748 e. The van der Waals surface area contributed by atoms with Crippen molar-refractivity contribution in [2.75, 3.05) is 12.3 Å². The Hall–Kier alpha value is -0.376. The summed E-state index contributed by atoms with van der Waals surface area (Å²) >= 11 is 0. The number of hydrogen-bond donors (Lipinski definition) is 0. The van der Waals surface area contributed by atoms with Crippen LogP contribution in [0.25, 0.3) is 0 Å². The van der Waals surface area contributed by atoms with E-state index in [-0.39, 0.29) is 24.4 Å². The topological polar surface area (TPSA) is 0 Å². The van der Waals surface area contributed by atoms with Gasteiger partial charge in [-0.05, 0) is 25.2 Å². The van der Waals surface area contributed by atoms with Crippen LogP contribution < -0.4 is 5.30 Å². The average molecular weight is 417 g/mol. The molecule has 0 fully saturated rings. The first-order valence-corrected chi connectivity index (χ1v) is 12.2. The summed E-state index contributed by atoms with van der Waals surface area (Å²) in [5.74, 6) is 0. The number of unbranched alkanes of at least 4 members (excludes halogenated alkanes) is 8. The predicted octanol–water partition coefficient (Wildman–Crippen LogP) is 7.86. The van der Waals surface area contributed by atoms with Crippen molar-refractivity contribution in [3.05, 3.63) is 54.6 Å². The van der Waals surface area contributed by atoms with E-state index < -0.39 is 0 Å². The van der Waals surface area contributed by atoms with Crippen LogP contribution in [0.1, 0.15) is 78.1 Å². The molecule has 0 spiro atoms. The molecule has 0 radical (unpaired) electrons. The molecule has 0 unspecified atom stereocenters. The second kappa shape index (κ2) is 19.4. The van der Waals surface area contributed by atoms with Gasteiger partial charge in [0.15, 0.2) is 0 Å². The van der Waals surface area contributed by atoms with E-state index in [0.717, 1.165) is 0 Å². The van der Waals surface area contributed by atoms with Crippen LogP contribution in [-0.4, -0.2) is 12.3 Å². The standard InChI is InChI=1S/C19H34P.C5H5.Ni/c1-3-5-7-9-13-17-20(19-15-11-12-16-19)18-14-10-8-6-4-2;1-2-4-5-3-1;/h11-12,15-16H,3-10,13-14,17-18H2,1-2H3;1-5H;/q-1;-5;. The van der Waals surface area contributed by atoms with E-state index in [0.29, 0.717) is 0 Å². The third kappa shape index (κ3) is 13.8. The van der Waals surface area contributed by atoms with Gasteiger partial charge in [0.1, 0.15) is 0 Å². The molecule has 0 atom stereocenters. The van der Waals surface area contributed by atoms with E-state index >= 15 is 0 Å². The fourth-order valence-electron chi connectivity index (χ4n) is 3.08. The van der Waals surface area contributed by atoms with Gasteiger partial charge in [0.25, 0.3) is 0 Å². The molecule has 2 aromatic carbocycles. The summed E-state index contributed by atoms with van der Waals surface area (Å²) in [6.45, 7) is 4.60. The molecule has 2 aromatic rings. The summed E-state index contributed by atoms with van der Waals surface area (Å²) in [6.07, 6.45) is 17.2. The Kier molecular flexibility index (Phi) is 19.1. The van der Waals surface area contributed by atoms with Crippen LogP contribution in [0.2, 0.25) is 0 Å². The maximum atomic E-state index is 2.36. The maximum Gasteiger partial charge on any atom is 0 e. The van der Waals surface area contributed by atoms with Gasteiger partial charge in [-0.3, -0.25) is 0 Å². The van der Waals surface area contributed by atoms with Crippen LogP contribution in [0, 0.1) is 0 Å². The molecule has 0 saturated heterocycles. The number of hydrogen-bond acceptors (Lipinski definition) is 0. The smallest absolute Gasteiger partial charge is 0 e. The van der Waals surface area contributed by atoms with E-state index in [1.54, 1.807) is 5.30 Å². The van der Waals surface area contributed by atoms with E-state index in [9.17, 15) is 0 Å². The van der Waals surface area contributed by atoms with Crippen LogP contribution in [0.5, 0.6) is 0 Å². The van der Waals surface area contributed by atoms with Crippen LogP contribution in [0.4, 0.5) is 0 Å². The molecule has 26 heavy (non-hydrogen) atoms. The summed E-state index contributed by atoms with van der Waals surface area (Å²) in [7, 11) is 0.140. The van der Waals surface area contributed by atoms with Gasteiger partial charge in [-0.25, -0.2) is 12.1 Å². The van der Waals surface area contributed by atoms with Crippen molar-refractivity contribution < 1.29 is 16.5 Å². The minimum atomic E-state index is 0. The van der Waals surface area contributed by atoms with E-state index in [4.69, 9.17) is 0 Å². The Morgan fingerprint density at radius 3 is 1.38 bits per heavy atom. The van der Waals surface area contributed by atoms with Gasteiger partial charge < -0.3 is 30.3 Å². The van der Waals surface area contributed by atoms with E-state index in [2.05, 4.69) is 38.1 Å². The van der Waals surface area contributed by atoms with Gasteiger partial charge in [0, 0.05) is 16.5 Å². The zero-order valence-electron chi connectivity index (χ0n) is 16.9. The van der Waals surface area contributed by atoms with Crippen LogP contribution in [-0.2, 0) is 16.5 Å². The summed E-state index contributed by atoms with van der Waals surface area (Å²) in [4.78, 5) is 0. The van der Waals surface area contributed by atoms with Crippen molar-refractivity contribution in [2.24, 2.45) is 0 Å². The Morgan fingerprint density at radius 2 is 1.00 bits per heavy atom. The van der Waals surface area contributed by atoms with Crippen LogP contribution in [0.3, 0.4) is 0 Å². The van der Waals surface area contributed by atoms with Crippen molar-refractivity contribution in [1.82, 2.24) is 0 Å². The van der Waals surface area contributed by atoms with Crippen molar-refractivity contribution >= 4 is 13.2 Å². The first-order chi connectivity index (χ1) is 12.4. The molecule has 0 aliphatic carbocycles. The maximum absolute atomic E-state index is 2.36. The molecule has 2 rings (SSSR count). The van der Waals surface area contributed by atoms with Crippen molar-refractivity contribution in [1.29, 1.82) is 0 Å². The third-order valence-electron chi connectivity index (χ3n) is 4.63. The van der Waals surface area contributed by atoms with Crippen molar-refractivity contribution in [3.8, 4) is 0 Å². The van der Waals surface area contributed by atoms with Crippen molar-refractivity contribution in [2.45, 2.75) is 78.1 Å². The minimum Gasteiger partial charge on any atom is -0.748 e. The second-order valence-electron chi connectivity index (χ2n) is 6.92. The first kappa shape index (κ1) is 25.6. The molecule has 156 valence electrons. The summed E-state index contributed by atoms with van der Waals surface area (Å²) in [5, 5.41) is 1.66. The predicted molar refractivity (Wildman–Crippen MR) is 118 cm³/mol. The SMILES string of the molecule is CCCCCCCP(CCCCCCC)[c-]1cccc1.[Ni].[cH-]1[cH-][cH-][cH-][cH-]1. The zero-order chi connectivity index (χ0) is 18.0. The second-order valence-corrected chi connectivity index (χ2v) is 9.41. The van der Waals surface area contributed by atoms with E-state index in [1.165, 1.54) is 76.5 Å². The quantitative estimate of drug-likeness (QED) is 0.135. The van der Waals surface area contributed by atoms with Crippen LogP contribution in [0.15, 0.2) is 54.6 Å². The Morgan fingerprint density at radius 1 is 0.615 bits per heavy atom. The fourth-order valence-corrected chi connectivity index (χ4v) is 5.62. The molecule has 0 N–H and O–H groups in total. The molecule has 2 heteroatoms. The third-order valence-corrected chi connectivity index (χ3v) is 7.37. The molecule has 0 amide bonds. The molecule has 0 heterocycles. The Balaban J connectivity index is 0.000000893. The average Bonchev–Trinajstić information content (AvgIpc) is 3.35. The molecule has 0 aromatic heterocycles. The summed E-state index contributed by atoms with van der Waals surface area (Å²) < 4.78 is 0. The molecular weight excluding hydrogens is 378 g/mol. The number of rotatable bonds is 13. The van der Waals surface area contributed by atoms with Crippen LogP contribution >= 0.6 is 7.92 Å². The normalized spacial score (nSPS) is 10.3. The minimum absolute atomic E-state index is 0.